The fourth-order valence-corrected chi connectivity index (χ4v) is 2.39. The van der Waals surface area contributed by atoms with E-state index < -0.39 is 0 Å². The standard InChI is InChI=1S/C13H21N3/c1-10-6-7-15-9-12(10)13(8-14)16(2)11-4-3-5-11/h6-7,9,11,13H,3-5,8,14H2,1-2H3. The summed E-state index contributed by atoms with van der Waals surface area (Å²) in [6, 6.07) is 3.10. The molecular weight excluding hydrogens is 198 g/mol. The molecule has 16 heavy (non-hydrogen) atoms. The molecule has 0 aliphatic heterocycles. The van der Waals surface area contributed by atoms with Crippen molar-refractivity contribution in [3.8, 4) is 0 Å². The summed E-state index contributed by atoms with van der Waals surface area (Å²) in [7, 11) is 2.19. The molecule has 3 heteroatoms. The van der Waals surface area contributed by atoms with Gasteiger partial charge in [-0.1, -0.05) is 6.42 Å². The van der Waals surface area contributed by atoms with E-state index in [9.17, 15) is 0 Å². The number of aromatic nitrogens is 1. The van der Waals surface area contributed by atoms with Gasteiger partial charge in [-0.2, -0.15) is 0 Å². The molecule has 3 nitrogen and oxygen atoms in total. The third-order valence-electron chi connectivity index (χ3n) is 3.80. The van der Waals surface area contributed by atoms with E-state index in [1.165, 1.54) is 30.4 Å². The van der Waals surface area contributed by atoms with Crippen LogP contribution in [0.15, 0.2) is 18.5 Å². The summed E-state index contributed by atoms with van der Waals surface area (Å²) >= 11 is 0. The van der Waals surface area contributed by atoms with E-state index in [1.54, 1.807) is 0 Å². The molecule has 1 heterocycles. The highest BCUT2D eigenvalue weighted by atomic mass is 15.2. The average Bonchev–Trinajstić information content (AvgIpc) is 2.19. The van der Waals surface area contributed by atoms with Crippen LogP contribution < -0.4 is 5.73 Å². The van der Waals surface area contributed by atoms with Gasteiger partial charge in [0.15, 0.2) is 0 Å². The zero-order chi connectivity index (χ0) is 11.5. The van der Waals surface area contributed by atoms with Gasteiger partial charge in [0.1, 0.15) is 0 Å². The number of hydrogen-bond acceptors (Lipinski definition) is 3. The Morgan fingerprint density at radius 1 is 1.56 bits per heavy atom. The Kier molecular flexibility index (Phi) is 3.56. The van der Waals surface area contributed by atoms with E-state index in [0.717, 1.165) is 0 Å². The summed E-state index contributed by atoms with van der Waals surface area (Å²) in [5.74, 6) is 0. The molecular formula is C13H21N3. The van der Waals surface area contributed by atoms with Gasteiger partial charge in [0, 0.05) is 31.0 Å². The van der Waals surface area contributed by atoms with Crippen LogP contribution in [-0.2, 0) is 0 Å². The normalized spacial score (nSPS) is 18.5. The molecule has 1 unspecified atom stereocenters. The van der Waals surface area contributed by atoms with Crippen LogP contribution in [0.5, 0.6) is 0 Å². The molecule has 0 amide bonds. The number of aryl methyl sites for hydroxylation is 1. The van der Waals surface area contributed by atoms with E-state index in [4.69, 9.17) is 5.73 Å². The van der Waals surface area contributed by atoms with Crippen LogP contribution >= 0.6 is 0 Å². The zero-order valence-electron chi connectivity index (χ0n) is 10.2. The Labute approximate surface area is 97.7 Å². The molecule has 0 aromatic carbocycles. The quantitative estimate of drug-likeness (QED) is 0.840. The van der Waals surface area contributed by atoms with Crippen molar-refractivity contribution in [3.63, 3.8) is 0 Å². The lowest BCUT2D eigenvalue weighted by Gasteiger charge is -2.40. The van der Waals surface area contributed by atoms with Crippen LogP contribution in [0.4, 0.5) is 0 Å². The highest BCUT2D eigenvalue weighted by Gasteiger charge is 2.28. The minimum absolute atomic E-state index is 0.319. The van der Waals surface area contributed by atoms with E-state index in [2.05, 4.69) is 29.9 Å². The van der Waals surface area contributed by atoms with Gasteiger partial charge in [-0.15, -0.1) is 0 Å². The maximum atomic E-state index is 5.92. The first-order chi connectivity index (χ1) is 7.74. The molecule has 1 saturated carbocycles. The summed E-state index contributed by atoms with van der Waals surface area (Å²) < 4.78 is 0. The van der Waals surface area contributed by atoms with E-state index in [0.29, 0.717) is 18.6 Å². The van der Waals surface area contributed by atoms with Gasteiger partial charge in [0.05, 0.1) is 0 Å². The van der Waals surface area contributed by atoms with Crippen molar-refractivity contribution < 1.29 is 0 Å². The van der Waals surface area contributed by atoms with Crippen LogP contribution in [0, 0.1) is 6.92 Å². The van der Waals surface area contributed by atoms with Gasteiger partial charge >= 0.3 is 0 Å². The molecule has 88 valence electrons. The number of nitrogens with two attached hydrogens (primary N) is 1. The van der Waals surface area contributed by atoms with Crippen molar-refractivity contribution in [2.45, 2.75) is 38.3 Å². The highest BCUT2D eigenvalue weighted by Crippen LogP contribution is 2.31. The van der Waals surface area contributed by atoms with Gasteiger partial charge in [-0.3, -0.25) is 9.88 Å². The Bertz CT molecular complexity index is 347. The first-order valence-electron chi connectivity index (χ1n) is 6.06. The fraction of sp³-hybridized carbons (Fsp3) is 0.615. The van der Waals surface area contributed by atoms with Crippen molar-refractivity contribution in [2.75, 3.05) is 13.6 Å². The highest BCUT2D eigenvalue weighted by molar-refractivity contribution is 5.25. The van der Waals surface area contributed by atoms with Crippen LogP contribution in [0.3, 0.4) is 0 Å². The molecule has 0 bridgehead atoms. The predicted octanol–water partition coefficient (Wildman–Crippen LogP) is 1.87. The Morgan fingerprint density at radius 3 is 2.81 bits per heavy atom. The van der Waals surface area contributed by atoms with Crippen LogP contribution in [-0.4, -0.2) is 29.5 Å². The SMILES string of the molecule is Cc1ccncc1C(CN)N(C)C1CCC1. The van der Waals surface area contributed by atoms with Gasteiger partial charge in [-0.25, -0.2) is 0 Å². The third kappa shape index (κ3) is 2.11. The van der Waals surface area contributed by atoms with Crippen LogP contribution in [0.1, 0.15) is 36.4 Å². The molecule has 2 rings (SSSR count). The minimum atomic E-state index is 0.319. The first kappa shape index (κ1) is 11.6. The maximum Gasteiger partial charge on any atom is 0.0488 e. The number of rotatable bonds is 4. The van der Waals surface area contributed by atoms with Crippen LogP contribution in [0.2, 0.25) is 0 Å². The molecule has 1 atom stereocenters. The second-order valence-electron chi connectivity index (χ2n) is 4.73. The Balaban J connectivity index is 2.18. The minimum Gasteiger partial charge on any atom is -0.329 e. The first-order valence-corrected chi connectivity index (χ1v) is 6.06. The Hall–Kier alpha value is -0.930. The zero-order valence-corrected chi connectivity index (χ0v) is 10.2. The molecule has 2 N–H and O–H groups in total. The summed E-state index contributed by atoms with van der Waals surface area (Å²) in [6.07, 6.45) is 7.79. The Morgan fingerprint density at radius 2 is 2.31 bits per heavy atom. The van der Waals surface area contributed by atoms with Gasteiger partial charge in [0.2, 0.25) is 0 Å². The predicted molar refractivity (Wildman–Crippen MR) is 66.2 cm³/mol. The number of pyridine rings is 1. The van der Waals surface area contributed by atoms with Crippen LogP contribution in [0.25, 0.3) is 0 Å². The van der Waals surface area contributed by atoms with Crippen molar-refractivity contribution in [3.05, 3.63) is 29.6 Å². The fourth-order valence-electron chi connectivity index (χ4n) is 2.39. The summed E-state index contributed by atoms with van der Waals surface area (Å²) in [5, 5.41) is 0. The molecule has 0 radical (unpaired) electrons. The van der Waals surface area contributed by atoms with Gasteiger partial charge in [-0.05, 0) is 44.0 Å². The monoisotopic (exact) mass is 219 g/mol. The lowest BCUT2D eigenvalue weighted by molar-refractivity contribution is 0.113. The number of nitrogens with zero attached hydrogens (tertiary/aromatic N) is 2. The van der Waals surface area contributed by atoms with E-state index >= 15 is 0 Å². The summed E-state index contributed by atoms with van der Waals surface area (Å²) in [6.45, 7) is 2.80. The maximum absolute atomic E-state index is 5.92. The molecule has 1 aliphatic rings. The van der Waals surface area contributed by atoms with Gasteiger partial charge in [0.25, 0.3) is 0 Å². The van der Waals surface area contributed by atoms with E-state index in [1.807, 2.05) is 12.4 Å². The van der Waals surface area contributed by atoms with Crippen molar-refractivity contribution >= 4 is 0 Å². The van der Waals surface area contributed by atoms with Crippen molar-refractivity contribution in [1.29, 1.82) is 0 Å². The second kappa shape index (κ2) is 4.93. The smallest absolute Gasteiger partial charge is 0.0488 e. The molecule has 0 spiro atoms. The van der Waals surface area contributed by atoms with Crippen molar-refractivity contribution in [2.24, 2.45) is 5.73 Å². The lowest BCUT2D eigenvalue weighted by atomic mass is 9.89. The molecule has 1 aliphatic carbocycles. The number of likely N-dealkylation sites (N-methyl/N-ethyl adjacent to an activating group) is 1. The number of hydrogen-bond donors (Lipinski definition) is 1. The second-order valence-corrected chi connectivity index (χ2v) is 4.73. The topological polar surface area (TPSA) is 42.1 Å². The molecule has 1 aromatic heterocycles. The molecule has 0 saturated heterocycles. The summed E-state index contributed by atoms with van der Waals surface area (Å²) in [5.41, 5.74) is 8.49. The van der Waals surface area contributed by atoms with Gasteiger partial charge < -0.3 is 5.73 Å². The van der Waals surface area contributed by atoms with E-state index in [-0.39, 0.29) is 0 Å². The summed E-state index contributed by atoms with van der Waals surface area (Å²) in [4.78, 5) is 6.64. The third-order valence-corrected chi connectivity index (χ3v) is 3.80. The molecule has 1 aromatic rings. The van der Waals surface area contributed by atoms with Crippen molar-refractivity contribution in [1.82, 2.24) is 9.88 Å². The lowest BCUT2D eigenvalue weighted by Crippen LogP contribution is -2.42. The average molecular weight is 219 g/mol. The largest absolute Gasteiger partial charge is 0.329 e. The molecule has 1 fully saturated rings.